The Labute approximate surface area is 95.3 Å². The number of pyridine rings is 1. The highest BCUT2D eigenvalue weighted by molar-refractivity contribution is 5.96. The van der Waals surface area contributed by atoms with Gasteiger partial charge in [-0.1, -0.05) is 12.2 Å². The van der Waals surface area contributed by atoms with E-state index in [1.54, 1.807) is 12.3 Å². The lowest BCUT2D eigenvalue weighted by Crippen LogP contribution is -2.24. The summed E-state index contributed by atoms with van der Waals surface area (Å²) in [6.45, 7) is 2.57. The van der Waals surface area contributed by atoms with Gasteiger partial charge in [-0.15, -0.1) is 0 Å². The summed E-state index contributed by atoms with van der Waals surface area (Å²) < 4.78 is 5.06. The Morgan fingerprint density at radius 3 is 3.12 bits per heavy atom. The monoisotopic (exact) mass is 220 g/mol. The van der Waals surface area contributed by atoms with Crippen LogP contribution in [0.4, 0.5) is 0 Å². The molecule has 0 aliphatic carbocycles. The maximum atomic E-state index is 11.7. The highest BCUT2D eigenvalue weighted by Gasteiger charge is 2.10. The third-order valence-electron chi connectivity index (χ3n) is 2.08. The predicted octanol–water partition coefficient (Wildman–Crippen LogP) is 1.79. The minimum atomic E-state index is -0.135. The van der Waals surface area contributed by atoms with Crippen LogP contribution < -0.4 is 10.1 Å². The molecule has 0 fully saturated rings. The van der Waals surface area contributed by atoms with Gasteiger partial charge >= 0.3 is 0 Å². The van der Waals surface area contributed by atoms with Crippen LogP contribution >= 0.6 is 0 Å². The van der Waals surface area contributed by atoms with Crippen molar-refractivity contribution < 1.29 is 9.53 Å². The Morgan fingerprint density at radius 1 is 1.62 bits per heavy atom. The number of allylic oxidation sites excluding steroid dienone is 1. The van der Waals surface area contributed by atoms with Gasteiger partial charge < -0.3 is 10.1 Å². The van der Waals surface area contributed by atoms with Crippen LogP contribution in [-0.2, 0) is 0 Å². The Kier molecular flexibility index (Phi) is 5.05. The number of ether oxygens (including phenoxy) is 1. The topological polar surface area (TPSA) is 51.2 Å². The van der Waals surface area contributed by atoms with Crippen molar-refractivity contribution in [2.45, 2.75) is 13.3 Å². The normalized spacial score (nSPS) is 10.4. The van der Waals surface area contributed by atoms with Crippen LogP contribution in [0.2, 0.25) is 0 Å². The van der Waals surface area contributed by atoms with E-state index < -0.39 is 0 Å². The Morgan fingerprint density at radius 2 is 2.44 bits per heavy atom. The first-order chi connectivity index (χ1) is 7.79. The molecule has 1 N–H and O–H groups in total. The maximum absolute atomic E-state index is 11.7. The number of hydrogen-bond acceptors (Lipinski definition) is 3. The molecule has 0 aliphatic heterocycles. The number of nitrogens with one attached hydrogen (secondary N) is 1. The summed E-state index contributed by atoms with van der Waals surface area (Å²) in [6.07, 6.45) is 7.89. The van der Waals surface area contributed by atoms with E-state index in [9.17, 15) is 4.79 Å². The number of amides is 1. The lowest BCUT2D eigenvalue weighted by Gasteiger charge is -2.07. The number of carbonyl (C=O) groups excluding carboxylic acids is 1. The van der Waals surface area contributed by atoms with Crippen LogP contribution in [0.25, 0.3) is 0 Å². The second-order valence-corrected chi connectivity index (χ2v) is 3.19. The van der Waals surface area contributed by atoms with E-state index in [1.165, 1.54) is 13.3 Å². The number of hydrogen-bond donors (Lipinski definition) is 1. The molecule has 0 saturated heterocycles. The molecular formula is C12H16N2O2. The number of methoxy groups -OCH3 is 1. The fourth-order valence-electron chi connectivity index (χ4n) is 1.26. The number of nitrogens with zero attached hydrogens (tertiary/aromatic N) is 1. The number of rotatable bonds is 5. The van der Waals surface area contributed by atoms with Crippen molar-refractivity contribution in [2.75, 3.05) is 13.7 Å². The smallest absolute Gasteiger partial charge is 0.255 e. The fourth-order valence-corrected chi connectivity index (χ4v) is 1.26. The largest absolute Gasteiger partial charge is 0.494 e. The molecule has 0 spiro atoms. The van der Waals surface area contributed by atoms with Crippen molar-refractivity contribution >= 4 is 5.91 Å². The third-order valence-corrected chi connectivity index (χ3v) is 2.08. The molecule has 1 heterocycles. The molecule has 1 aromatic heterocycles. The Hall–Kier alpha value is -1.84. The van der Waals surface area contributed by atoms with Crippen molar-refractivity contribution in [3.05, 3.63) is 36.2 Å². The molecule has 4 nitrogen and oxygen atoms in total. The molecule has 0 atom stereocenters. The molecule has 1 rings (SSSR count). The van der Waals surface area contributed by atoms with Gasteiger partial charge in [-0.25, -0.2) is 0 Å². The van der Waals surface area contributed by atoms with Crippen molar-refractivity contribution in [2.24, 2.45) is 0 Å². The molecule has 86 valence electrons. The molecule has 1 amide bonds. The van der Waals surface area contributed by atoms with E-state index in [0.717, 1.165) is 6.42 Å². The number of carbonyl (C=O) groups is 1. The molecule has 0 aromatic carbocycles. The first-order valence-electron chi connectivity index (χ1n) is 5.17. The van der Waals surface area contributed by atoms with Crippen molar-refractivity contribution in [1.82, 2.24) is 10.3 Å². The molecule has 0 aliphatic rings. The van der Waals surface area contributed by atoms with Crippen LogP contribution in [0.3, 0.4) is 0 Å². The van der Waals surface area contributed by atoms with Crippen LogP contribution in [0.1, 0.15) is 23.7 Å². The molecule has 1 aromatic rings. The number of aromatic nitrogens is 1. The average molecular weight is 220 g/mol. The molecule has 0 unspecified atom stereocenters. The predicted molar refractivity (Wildman–Crippen MR) is 62.6 cm³/mol. The van der Waals surface area contributed by atoms with Gasteiger partial charge in [-0.3, -0.25) is 9.78 Å². The van der Waals surface area contributed by atoms with Gasteiger partial charge in [0.1, 0.15) is 5.75 Å². The zero-order valence-corrected chi connectivity index (χ0v) is 9.56. The third kappa shape index (κ3) is 3.38. The maximum Gasteiger partial charge on any atom is 0.255 e. The highest BCUT2D eigenvalue weighted by Crippen LogP contribution is 2.14. The first kappa shape index (κ1) is 12.2. The van der Waals surface area contributed by atoms with Crippen LogP contribution in [0, 0.1) is 0 Å². The molecule has 4 heteroatoms. The van der Waals surface area contributed by atoms with E-state index in [1.807, 2.05) is 19.1 Å². The Balaban J connectivity index is 2.58. The van der Waals surface area contributed by atoms with Gasteiger partial charge in [0.15, 0.2) is 0 Å². The standard InChI is InChI=1S/C12H16N2O2/c1-3-4-5-7-14-12(15)10-6-8-13-9-11(10)16-2/h3-4,6,8-9H,5,7H2,1-2H3,(H,14,15)/b4-3+. The summed E-state index contributed by atoms with van der Waals surface area (Å²) in [7, 11) is 1.52. The lowest BCUT2D eigenvalue weighted by atomic mass is 10.2. The first-order valence-corrected chi connectivity index (χ1v) is 5.17. The molecule has 16 heavy (non-hydrogen) atoms. The van der Waals surface area contributed by atoms with Gasteiger partial charge in [0, 0.05) is 12.7 Å². The van der Waals surface area contributed by atoms with E-state index in [4.69, 9.17) is 4.74 Å². The quantitative estimate of drug-likeness (QED) is 0.608. The van der Waals surface area contributed by atoms with Crippen molar-refractivity contribution in [1.29, 1.82) is 0 Å². The van der Waals surface area contributed by atoms with Gasteiger partial charge in [0.2, 0.25) is 0 Å². The summed E-state index contributed by atoms with van der Waals surface area (Å²) in [5, 5.41) is 2.81. The van der Waals surface area contributed by atoms with E-state index in [2.05, 4.69) is 10.3 Å². The molecular weight excluding hydrogens is 204 g/mol. The van der Waals surface area contributed by atoms with E-state index >= 15 is 0 Å². The molecule has 0 radical (unpaired) electrons. The zero-order chi connectivity index (χ0) is 11.8. The second kappa shape index (κ2) is 6.61. The summed E-state index contributed by atoms with van der Waals surface area (Å²) in [5.41, 5.74) is 0.512. The summed E-state index contributed by atoms with van der Waals surface area (Å²) in [4.78, 5) is 15.6. The second-order valence-electron chi connectivity index (χ2n) is 3.19. The fraction of sp³-hybridized carbons (Fsp3) is 0.333. The van der Waals surface area contributed by atoms with Crippen molar-refractivity contribution in [3.63, 3.8) is 0 Å². The summed E-state index contributed by atoms with van der Waals surface area (Å²) in [6, 6.07) is 1.64. The summed E-state index contributed by atoms with van der Waals surface area (Å²) in [5.74, 6) is 0.356. The average Bonchev–Trinajstić information content (AvgIpc) is 2.34. The van der Waals surface area contributed by atoms with Gasteiger partial charge in [0.05, 0.1) is 18.9 Å². The van der Waals surface area contributed by atoms with Gasteiger partial charge in [-0.05, 0) is 19.4 Å². The minimum absolute atomic E-state index is 0.135. The van der Waals surface area contributed by atoms with Gasteiger partial charge in [0.25, 0.3) is 5.91 Å². The van der Waals surface area contributed by atoms with Crippen LogP contribution in [-0.4, -0.2) is 24.5 Å². The lowest BCUT2D eigenvalue weighted by molar-refractivity contribution is 0.0951. The minimum Gasteiger partial charge on any atom is -0.494 e. The molecule has 0 bridgehead atoms. The van der Waals surface area contributed by atoms with E-state index in [0.29, 0.717) is 17.9 Å². The van der Waals surface area contributed by atoms with Crippen LogP contribution in [0.15, 0.2) is 30.6 Å². The van der Waals surface area contributed by atoms with Crippen LogP contribution in [0.5, 0.6) is 5.75 Å². The highest BCUT2D eigenvalue weighted by atomic mass is 16.5. The zero-order valence-electron chi connectivity index (χ0n) is 9.56. The molecule has 0 saturated carbocycles. The SMILES string of the molecule is C/C=C/CCNC(=O)c1ccncc1OC. The summed E-state index contributed by atoms with van der Waals surface area (Å²) >= 11 is 0. The van der Waals surface area contributed by atoms with Crippen molar-refractivity contribution in [3.8, 4) is 5.75 Å². The Bertz CT molecular complexity index is 375. The van der Waals surface area contributed by atoms with Gasteiger partial charge in [-0.2, -0.15) is 0 Å². The van der Waals surface area contributed by atoms with E-state index in [-0.39, 0.29) is 5.91 Å².